The molecule has 0 atom stereocenters. The number of nitrogens with one attached hydrogen (secondary N) is 1. The van der Waals surface area contributed by atoms with E-state index in [0.717, 1.165) is 17.3 Å². The van der Waals surface area contributed by atoms with Gasteiger partial charge in [0.25, 0.3) is 5.91 Å². The number of amides is 1. The first-order chi connectivity index (χ1) is 7.56. The third kappa shape index (κ3) is 2.53. The van der Waals surface area contributed by atoms with E-state index < -0.39 is 0 Å². The van der Waals surface area contributed by atoms with Crippen molar-refractivity contribution >= 4 is 45.0 Å². The maximum absolute atomic E-state index is 12.0. The number of carbonyl (C=O) groups excluding carboxylic acids is 1. The van der Waals surface area contributed by atoms with Crippen molar-refractivity contribution in [2.24, 2.45) is 0 Å². The van der Waals surface area contributed by atoms with Gasteiger partial charge in [0.1, 0.15) is 0 Å². The first-order valence-electron chi connectivity index (χ1n) is 4.90. The average Bonchev–Trinajstić information content (AvgIpc) is 3.02. The number of benzene rings is 1. The number of alkyl halides is 1. The van der Waals surface area contributed by atoms with E-state index in [1.165, 1.54) is 0 Å². The van der Waals surface area contributed by atoms with Crippen molar-refractivity contribution in [1.82, 2.24) is 5.32 Å². The molecule has 0 spiro atoms. The standard InChI is InChI=1S/C11H10BrCl2NO/c12-7-1-2-9(14)8(5-7)10(16)15-11(6-13)3-4-11/h1-2,5H,3-4,6H2,(H,15,16). The molecule has 0 aromatic heterocycles. The van der Waals surface area contributed by atoms with Crippen LogP contribution in [0.2, 0.25) is 5.02 Å². The SMILES string of the molecule is O=C(NC1(CCl)CC1)c1cc(Br)ccc1Cl. The summed E-state index contributed by atoms with van der Waals surface area (Å²) in [5.74, 6) is 0.286. The average molecular weight is 323 g/mol. The van der Waals surface area contributed by atoms with Gasteiger partial charge in [-0.15, -0.1) is 11.6 Å². The number of carbonyl (C=O) groups is 1. The summed E-state index contributed by atoms with van der Waals surface area (Å²) in [5, 5.41) is 3.38. The highest BCUT2D eigenvalue weighted by Gasteiger charge is 2.43. The molecule has 1 aromatic carbocycles. The molecule has 0 aliphatic heterocycles. The van der Waals surface area contributed by atoms with Crippen LogP contribution in [0.25, 0.3) is 0 Å². The Morgan fingerprint density at radius 3 is 2.75 bits per heavy atom. The van der Waals surface area contributed by atoms with Gasteiger partial charge in [-0.25, -0.2) is 0 Å². The fraction of sp³-hybridized carbons (Fsp3) is 0.364. The molecule has 0 heterocycles. The molecule has 2 nitrogen and oxygen atoms in total. The summed E-state index contributed by atoms with van der Waals surface area (Å²) in [6.45, 7) is 0. The Labute approximate surface area is 112 Å². The van der Waals surface area contributed by atoms with E-state index in [9.17, 15) is 4.79 Å². The Balaban J connectivity index is 2.17. The molecule has 86 valence electrons. The van der Waals surface area contributed by atoms with Crippen molar-refractivity contribution in [3.8, 4) is 0 Å². The van der Waals surface area contributed by atoms with Gasteiger partial charge in [-0.3, -0.25) is 4.79 Å². The fourth-order valence-electron chi connectivity index (χ4n) is 1.42. The summed E-state index contributed by atoms with van der Waals surface area (Å²) in [5.41, 5.74) is 0.275. The van der Waals surface area contributed by atoms with Crippen molar-refractivity contribution in [3.63, 3.8) is 0 Å². The van der Waals surface area contributed by atoms with Gasteiger partial charge in [0.15, 0.2) is 0 Å². The predicted molar refractivity (Wildman–Crippen MR) is 69.3 cm³/mol. The van der Waals surface area contributed by atoms with Crippen LogP contribution < -0.4 is 5.32 Å². The Hall–Kier alpha value is -0.250. The van der Waals surface area contributed by atoms with E-state index >= 15 is 0 Å². The quantitative estimate of drug-likeness (QED) is 0.846. The Morgan fingerprint density at radius 1 is 1.50 bits per heavy atom. The van der Waals surface area contributed by atoms with Crippen LogP contribution in [-0.4, -0.2) is 17.3 Å². The highest BCUT2D eigenvalue weighted by Crippen LogP contribution is 2.37. The third-order valence-electron chi connectivity index (χ3n) is 2.66. The topological polar surface area (TPSA) is 29.1 Å². The molecule has 1 aromatic rings. The third-order valence-corrected chi connectivity index (χ3v) is 4.00. The second-order valence-corrected chi connectivity index (χ2v) is 5.58. The summed E-state index contributed by atoms with van der Waals surface area (Å²) < 4.78 is 0.831. The van der Waals surface area contributed by atoms with Crippen molar-refractivity contribution in [1.29, 1.82) is 0 Å². The van der Waals surface area contributed by atoms with Gasteiger partial charge in [0, 0.05) is 10.4 Å². The molecular formula is C11H10BrCl2NO. The maximum Gasteiger partial charge on any atom is 0.253 e. The summed E-state index contributed by atoms with van der Waals surface area (Å²) >= 11 is 15.1. The van der Waals surface area contributed by atoms with Gasteiger partial charge < -0.3 is 5.32 Å². The molecule has 0 radical (unpaired) electrons. The lowest BCUT2D eigenvalue weighted by Crippen LogP contribution is -2.38. The second kappa shape index (κ2) is 4.55. The molecule has 1 aliphatic carbocycles. The molecule has 1 aliphatic rings. The maximum atomic E-state index is 12.0. The molecule has 0 saturated heterocycles. The zero-order chi connectivity index (χ0) is 11.8. The lowest BCUT2D eigenvalue weighted by molar-refractivity contribution is 0.0936. The van der Waals surface area contributed by atoms with Crippen LogP contribution in [0.5, 0.6) is 0 Å². The first-order valence-corrected chi connectivity index (χ1v) is 6.60. The predicted octanol–water partition coefficient (Wildman–Crippen LogP) is 3.60. The van der Waals surface area contributed by atoms with Crippen LogP contribution in [0.4, 0.5) is 0 Å². The van der Waals surface area contributed by atoms with Gasteiger partial charge in [-0.05, 0) is 31.0 Å². The number of hydrogen-bond acceptors (Lipinski definition) is 1. The molecule has 1 saturated carbocycles. The van der Waals surface area contributed by atoms with E-state index in [2.05, 4.69) is 21.2 Å². The van der Waals surface area contributed by atoms with Gasteiger partial charge >= 0.3 is 0 Å². The molecule has 16 heavy (non-hydrogen) atoms. The Morgan fingerprint density at radius 2 is 2.19 bits per heavy atom. The van der Waals surface area contributed by atoms with Crippen molar-refractivity contribution in [2.75, 3.05) is 5.88 Å². The van der Waals surface area contributed by atoms with E-state index in [-0.39, 0.29) is 11.4 Å². The summed E-state index contributed by atoms with van der Waals surface area (Å²) in [6, 6.07) is 5.20. The second-order valence-electron chi connectivity index (χ2n) is 3.99. The molecule has 1 amide bonds. The zero-order valence-electron chi connectivity index (χ0n) is 8.40. The minimum atomic E-state index is -0.204. The number of hydrogen-bond donors (Lipinski definition) is 1. The van der Waals surface area contributed by atoms with Gasteiger partial charge in [-0.1, -0.05) is 27.5 Å². The molecular weight excluding hydrogens is 313 g/mol. The minimum Gasteiger partial charge on any atom is -0.345 e. The number of rotatable bonds is 3. The van der Waals surface area contributed by atoms with E-state index in [4.69, 9.17) is 23.2 Å². The Kier molecular flexibility index (Phi) is 3.48. The molecule has 0 bridgehead atoms. The van der Waals surface area contributed by atoms with E-state index in [1.807, 2.05) is 0 Å². The molecule has 5 heteroatoms. The van der Waals surface area contributed by atoms with Crippen molar-refractivity contribution in [3.05, 3.63) is 33.3 Å². The summed E-state index contributed by atoms with van der Waals surface area (Å²) in [6.07, 6.45) is 1.88. The van der Waals surface area contributed by atoms with Crippen molar-refractivity contribution in [2.45, 2.75) is 18.4 Å². The number of halogens is 3. The lowest BCUT2D eigenvalue weighted by atomic mass is 10.2. The largest absolute Gasteiger partial charge is 0.345 e. The van der Waals surface area contributed by atoms with Gasteiger partial charge in [-0.2, -0.15) is 0 Å². The van der Waals surface area contributed by atoms with Crippen LogP contribution in [0.3, 0.4) is 0 Å². The van der Waals surface area contributed by atoms with Crippen molar-refractivity contribution < 1.29 is 4.79 Å². The highest BCUT2D eigenvalue weighted by atomic mass is 79.9. The summed E-state index contributed by atoms with van der Waals surface area (Å²) in [4.78, 5) is 12.0. The van der Waals surface area contributed by atoms with Gasteiger partial charge in [0.05, 0.1) is 16.1 Å². The monoisotopic (exact) mass is 321 g/mol. The first kappa shape index (κ1) is 12.2. The normalized spacial score (nSPS) is 16.9. The van der Waals surface area contributed by atoms with Crippen LogP contribution >= 0.6 is 39.1 Å². The van der Waals surface area contributed by atoms with Crippen LogP contribution in [-0.2, 0) is 0 Å². The molecule has 1 N–H and O–H groups in total. The molecule has 1 fully saturated rings. The highest BCUT2D eigenvalue weighted by molar-refractivity contribution is 9.10. The molecule has 0 unspecified atom stereocenters. The summed E-state index contributed by atoms with van der Waals surface area (Å²) in [7, 11) is 0. The van der Waals surface area contributed by atoms with Crippen LogP contribution in [0.1, 0.15) is 23.2 Å². The lowest BCUT2D eigenvalue weighted by Gasteiger charge is -2.14. The van der Waals surface area contributed by atoms with Crippen LogP contribution in [0.15, 0.2) is 22.7 Å². The van der Waals surface area contributed by atoms with E-state index in [1.54, 1.807) is 18.2 Å². The van der Waals surface area contributed by atoms with Gasteiger partial charge in [0.2, 0.25) is 0 Å². The molecule has 2 rings (SSSR count). The zero-order valence-corrected chi connectivity index (χ0v) is 11.5. The smallest absolute Gasteiger partial charge is 0.253 e. The minimum absolute atomic E-state index is 0.163. The Bertz CT molecular complexity index is 432. The fourth-order valence-corrected chi connectivity index (χ4v) is 2.32. The van der Waals surface area contributed by atoms with E-state index in [0.29, 0.717) is 16.5 Å². The van der Waals surface area contributed by atoms with Crippen LogP contribution in [0, 0.1) is 0 Å².